The lowest BCUT2D eigenvalue weighted by Crippen LogP contribution is -2.26. The lowest BCUT2D eigenvalue weighted by molar-refractivity contribution is 0.0867. The molecule has 11 heavy (non-hydrogen) atoms. The minimum absolute atomic E-state index is 0. The van der Waals surface area contributed by atoms with Gasteiger partial charge < -0.3 is 10.4 Å². The second kappa shape index (κ2) is 3.74. The minimum Gasteiger partial charge on any atom is -0.393 e. The van der Waals surface area contributed by atoms with Gasteiger partial charge in [0.15, 0.2) is 0 Å². The average molecular weight is 178 g/mol. The first-order chi connectivity index (χ1) is 4.86. The second-order valence-electron chi connectivity index (χ2n) is 3.65. The van der Waals surface area contributed by atoms with Gasteiger partial charge in [-0.1, -0.05) is 0 Å². The van der Waals surface area contributed by atoms with E-state index in [-0.39, 0.29) is 18.5 Å². The smallest absolute Gasteiger partial charge is 0.0543 e. The summed E-state index contributed by atoms with van der Waals surface area (Å²) in [5, 5.41) is 12.7. The van der Waals surface area contributed by atoms with E-state index in [0.717, 1.165) is 31.2 Å². The van der Waals surface area contributed by atoms with Gasteiger partial charge in [0.05, 0.1) is 6.10 Å². The zero-order valence-corrected chi connectivity index (χ0v) is 7.44. The molecule has 0 bridgehead atoms. The molecule has 0 radical (unpaired) electrons. The van der Waals surface area contributed by atoms with Gasteiger partial charge >= 0.3 is 0 Å². The molecule has 0 amide bonds. The Kier molecular flexibility index (Phi) is 3.16. The SMILES string of the molecule is Cl.OC1CCC2CNCC2C1. The first-order valence-electron chi connectivity index (χ1n) is 4.25. The van der Waals surface area contributed by atoms with Crippen LogP contribution in [0.5, 0.6) is 0 Å². The Balaban J connectivity index is 0.000000605. The molecule has 3 atom stereocenters. The molecule has 2 rings (SSSR count). The van der Waals surface area contributed by atoms with Gasteiger partial charge in [-0.15, -0.1) is 12.4 Å². The summed E-state index contributed by atoms with van der Waals surface area (Å²) in [4.78, 5) is 0. The zero-order valence-electron chi connectivity index (χ0n) is 6.62. The minimum atomic E-state index is 0. The zero-order chi connectivity index (χ0) is 6.97. The maximum atomic E-state index is 9.33. The fourth-order valence-corrected chi connectivity index (χ4v) is 2.27. The molecule has 0 spiro atoms. The number of halogens is 1. The number of hydrogen-bond acceptors (Lipinski definition) is 2. The van der Waals surface area contributed by atoms with Crippen molar-refractivity contribution in [3.05, 3.63) is 0 Å². The first kappa shape index (κ1) is 9.30. The van der Waals surface area contributed by atoms with Crippen molar-refractivity contribution in [3.8, 4) is 0 Å². The fourth-order valence-electron chi connectivity index (χ4n) is 2.27. The van der Waals surface area contributed by atoms with Gasteiger partial charge in [-0.25, -0.2) is 0 Å². The van der Waals surface area contributed by atoms with Crippen molar-refractivity contribution in [2.75, 3.05) is 13.1 Å². The molecule has 2 nitrogen and oxygen atoms in total. The van der Waals surface area contributed by atoms with Crippen molar-refractivity contribution in [1.82, 2.24) is 5.32 Å². The highest BCUT2D eigenvalue weighted by Crippen LogP contribution is 2.32. The summed E-state index contributed by atoms with van der Waals surface area (Å²) in [7, 11) is 0. The predicted octanol–water partition coefficient (Wildman–Crippen LogP) is 0.789. The van der Waals surface area contributed by atoms with Gasteiger partial charge in [-0.2, -0.15) is 0 Å². The maximum Gasteiger partial charge on any atom is 0.0543 e. The van der Waals surface area contributed by atoms with E-state index in [0.29, 0.717) is 0 Å². The number of fused-ring (bicyclic) bond motifs is 1. The van der Waals surface area contributed by atoms with Gasteiger partial charge in [-0.3, -0.25) is 0 Å². The molecule has 1 saturated carbocycles. The Labute approximate surface area is 73.8 Å². The summed E-state index contributed by atoms with van der Waals surface area (Å²) in [5.41, 5.74) is 0. The molecule has 0 aromatic carbocycles. The molecule has 0 aromatic heterocycles. The van der Waals surface area contributed by atoms with E-state index in [4.69, 9.17) is 0 Å². The molecule has 1 aliphatic heterocycles. The van der Waals surface area contributed by atoms with Crippen molar-refractivity contribution in [1.29, 1.82) is 0 Å². The Morgan fingerprint density at radius 2 is 1.82 bits per heavy atom. The number of rotatable bonds is 0. The van der Waals surface area contributed by atoms with Crippen LogP contribution in [0.15, 0.2) is 0 Å². The lowest BCUT2D eigenvalue weighted by Gasteiger charge is -2.27. The molecule has 1 saturated heterocycles. The van der Waals surface area contributed by atoms with Crippen LogP contribution in [0.1, 0.15) is 19.3 Å². The Morgan fingerprint density at radius 3 is 2.64 bits per heavy atom. The summed E-state index contributed by atoms with van der Waals surface area (Å²) in [6, 6.07) is 0. The van der Waals surface area contributed by atoms with Crippen molar-refractivity contribution in [2.45, 2.75) is 25.4 Å². The van der Waals surface area contributed by atoms with Crippen LogP contribution in [0.4, 0.5) is 0 Å². The molecule has 2 fully saturated rings. The number of nitrogens with one attached hydrogen (secondary N) is 1. The highest BCUT2D eigenvalue weighted by molar-refractivity contribution is 5.85. The fraction of sp³-hybridized carbons (Fsp3) is 1.00. The third kappa shape index (κ3) is 1.86. The summed E-state index contributed by atoms with van der Waals surface area (Å²) >= 11 is 0. The normalized spacial score (nSPS) is 42.8. The van der Waals surface area contributed by atoms with Crippen LogP contribution in [-0.4, -0.2) is 24.3 Å². The number of hydrogen-bond donors (Lipinski definition) is 2. The van der Waals surface area contributed by atoms with E-state index in [1.807, 2.05) is 0 Å². The van der Waals surface area contributed by atoms with Crippen LogP contribution in [0.25, 0.3) is 0 Å². The summed E-state index contributed by atoms with van der Waals surface area (Å²) < 4.78 is 0. The van der Waals surface area contributed by atoms with Crippen molar-refractivity contribution < 1.29 is 5.11 Å². The topological polar surface area (TPSA) is 32.3 Å². The summed E-state index contributed by atoms with van der Waals surface area (Å²) in [6.07, 6.45) is 3.31. The molecule has 1 aliphatic carbocycles. The lowest BCUT2D eigenvalue weighted by atomic mass is 9.80. The standard InChI is InChI=1S/C8H15NO.ClH/c10-8-2-1-6-4-9-5-7(6)3-8;/h6-10H,1-5H2;1H. The van der Waals surface area contributed by atoms with Crippen LogP contribution >= 0.6 is 12.4 Å². The highest BCUT2D eigenvalue weighted by Gasteiger charge is 2.32. The predicted molar refractivity (Wildman–Crippen MR) is 47.0 cm³/mol. The van der Waals surface area contributed by atoms with Gasteiger partial charge in [0, 0.05) is 0 Å². The molecule has 2 aliphatic rings. The molecular formula is C8H16ClNO. The van der Waals surface area contributed by atoms with Crippen molar-refractivity contribution in [3.63, 3.8) is 0 Å². The molecule has 0 aromatic rings. The third-order valence-electron chi connectivity index (χ3n) is 2.93. The number of aliphatic hydroxyl groups is 1. The highest BCUT2D eigenvalue weighted by atomic mass is 35.5. The van der Waals surface area contributed by atoms with E-state index >= 15 is 0 Å². The Hall–Kier alpha value is 0.210. The quantitative estimate of drug-likeness (QED) is 0.574. The van der Waals surface area contributed by atoms with Crippen molar-refractivity contribution in [2.24, 2.45) is 11.8 Å². The second-order valence-corrected chi connectivity index (χ2v) is 3.65. The van der Waals surface area contributed by atoms with Crippen LogP contribution in [0.3, 0.4) is 0 Å². The van der Waals surface area contributed by atoms with Crippen LogP contribution in [-0.2, 0) is 0 Å². The van der Waals surface area contributed by atoms with E-state index in [1.165, 1.54) is 13.0 Å². The first-order valence-corrected chi connectivity index (χ1v) is 4.25. The molecular weight excluding hydrogens is 162 g/mol. The van der Waals surface area contributed by atoms with Gasteiger partial charge in [0.1, 0.15) is 0 Å². The van der Waals surface area contributed by atoms with E-state index < -0.39 is 0 Å². The summed E-state index contributed by atoms with van der Waals surface area (Å²) in [6.45, 7) is 2.33. The average Bonchev–Trinajstić information content (AvgIpc) is 2.33. The van der Waals surface area contributed by atoms with Gasteiger partial charge in [0.2, 0.25) is 0 Å². The van der Waals surface area contributed by atoms with Crippen LogP contribution < -0.4 is 5.32 Å². The maximum absolute atomic E-state index is 9.33. The Bertz CT molecular complexity index is 131. The molecule has 3 unspecified atom stereocenters. The molecule has 2 N–H and O–H groups in total. The molecule has 3 heteroatoms. The molecule has 1 heterocycles. The van der Waals surface area contributed by atoms with Crippen LogP contribution in [0.2, 0.25) is 0 Å². The van der Waals surface area contributed by atoms with Crippen molar-refractivity contribution >= 4 is 12.4 Å². The van der Waals surface area contributed by atoms with Crippen LogP contribution in [0, 0.1) is 11.8 Å². The largest absolute Gasteiger partial charge is 0.393 e. The van der Waals surface area contributed by atoms with E-state index in [9.17, 15) is 5.11 Å². The molecule has 66 valence electrons. The van der Waals surface area contributed by atoms with Gasteiger partial charge in [0.25, 0.3) is 0 Å². The van der Waals surface area contributed by atoms with E-state index in [2.05, 4.69) is 5.32 Å². The summed E-state index contributed by atoms with van der Waals surface area (Å²) in [5.74, 6) is 1.66. The third-order valence-corrected chi connectivity index (χ3v) is 2.93. The number of aliphatic hydroxyl groups excluding tert-OH is 1. The Morgan fingerprint density at radius 1 is 1.09 bits per heavy atom. The van der Waals surface area contributed by atoms with Gasteiger partial charge in [-0.05, 0) is 44.2 Å². The van der Waals surface area contributed by atoms with E-state index in [1.54, 1.807) is 0 Å². The monoisotopic (exact) mass is 177 g/mol.